The fourth-order valence-corrected chi connectivity index (χ4v) is 5.72. The van der Waals surface area contributed by atoms with Crippen molar-refractivity contribution in [2.45, 2.75) is 19.8 Å². The second-order valence-corrected chi connectivity index (χ2v) is 8.98. The molecule has 0 unspecified atom stereocenters. The van der Waals surface area contributed by atoms with E-state index in [2.05, 4.69) is 33.6 Å². The molecule has 1 amide bonds. The Hall–Kier alpha value is -1.89. The Morgan fingerprint density at radius 3 is 2.56 bits per heavy atom. The minimum atomic E-state index is -0.555. The van der Waals surface area contributed by atoms with E-state index in [4.69, 9.17) is 5.73 Å². The molecule has 2 heterocycles. The maximum atomic E-state index is 12.1. The van der Waals surface area contributed by atoms with Crippen LogP contribution in [-0.4, -0.2) is 22.5 Å². The van der Waals surface area contributed by atoms with E-state index in [-0.39, 0.29) is 5.91 Å². The van der Waals surface area contributed by atoms with Crippen molar-refractivity contribution in [2.75, 3.05) is 23.7 Å². The van der Waals surface area contributed by atoms with Gasteiger partial charge in [-0.05, 0) is 42.5 Å². The van der Waals surface area contributed by atoms with Gasteiger partial charge in [-0.3, -0.25) is 8.32 Å². The van der Waals surface area contributed by atoms with E-state index >= 15 is 0 Å². The summed E-state index contributed by atoms with van der Waals surface area (Å²) in [5.41, 5.74) is 11.3. The summed E-state index contributed by atoms with van der Waals surface area (Å²) in [7, 11) is 0. The first-order valence-corrected chi connectivity index (χ1v) is 10.8. The standard InChI is InChI=1S/C20H22IN3O/c1-13-8-10-24(11-9-13)18-7-6-14(12-17(18)22)19-15-4-2-3-5-16(15)20(25)23-21-19/h2-7,12-13H,8-11,22H2,1H3,(H,23,25). The fourth-order valence-electron chi connectivity index (χ4n) is 3.50. The molecule has 2 aliphatic rings. The van der Waals surface area contributed by atoms with E-state index in [0.717, 1.165) is 47.1 Å². The molecule has 25 heavy (non-hydrogen) atoms. The van der Waals surface area contributed by atoms with Crippen LogP contribution in [0.3, 0.4) is 0 Å². The summed E-state index contributed by atoms with van der Waals surface area (Å²) in [5, 5.41) is 0. The van der Waals surface area contributed by atoms with Crippen molar-refractivity contribution in [3.05, 3.63) is 59.2 Å². The zero-order valence-corrected chi connectivity index (χ0v) is 16.4. The minimum absolute atomic E-state index is 0.0409. The molecule has 3 N–H and O–H groups in total. The number of nitrogen functional groups attached to an aromatic ring is 1. The highest BCUT2D eigenvalue weighted by Gasteiger charge is 2.22. The van der Waals surface area contributed by atoms with E-state index in [1.807, 2.05) is 24.3 Å². The van der Waals surface area contributed by atoms with Crippen LogP contribution in [0.4, 0.5) is 11.4 Å². The van der Waals surface area contributed by atoms with Gasteiger partial charge in [0, 0.05) is 48.7 Å². The number of piperidine rings is 1. The van der Waals surface area contributed by atoms with Crippen LogP contribution in [0.15, 0.2) is 42.5 Å². The molecule has 0 bridgehead atoms. The first kappa shape index (κ1) is 16.6. The van der Waals surface area contributed by atoms with Gasteiger partial charge in [0.05, 0.1) is 11.4 Å². The maximum Gasteiger partial charge on any atom is 0.260 e. The van der Waals surface area contributed by atoms with Crippen LogP contribution in [0.2, 0.25) is 0 Å². The van der Waals surface area contributed by atoms with Crippen molar-refractivity contribution in [3.63, 3.8) is 0 Å². The van der Waals surface area contributed by atoms with Crippen molar-refractivity contribution >= 4 is 41.8 Å². The van der Waals surface area contributed by atoms with Crippen molar-refractivity contribution in [1.29, 1.82) is 0 Å². The highest BCUT2D eigenvalue weighted by molar-refractivity contribution is 14.2. The number of nitrogens with zero attached hydrogens (tertiary/aromatic N) is 1. The van der Waals surface area contributed by atoms with Gasteiger partial charge >= 0.3 is 0 Å². The van der Waals surface area contributed by atoms with E-state index in [9.17, 15) is 4.79 Å². The van der Waals surface area contributed by atoms with Gasteiger partial charge < -0.3 is 10.6 Å². The Kier molecular flexibility index (Phi) is 4.50. The number of nitrogens with one attached hydrogen (secondary N) is 1. The fraction of sp³-hybridized carbons (Fsp3) is 0.300. The number of carbonyl (C=O) groups excluding carboxylic acids is 1. The molecule has 130 valence electrons. The topological polar surface area (TPSA) is 58.4 Å². The second kappa shape index (κ2) is 6.78. The smallest absolute Gasteiger partial charge is 0.260 e. The molecule has 5 heteroatoms. The Bertz CT molecular complexity index is 854. The second-order valence-electron chi connectivity index (χ2n) is 6.82. The molecule has 2 aromatic carbocycles. The Balaban J connectivity index is 1.66. The van der Waals surface area contributed by atoms with Gasteiger partial charge in [0.2, 0.25) is 0 Å². The molecule has 0 aliphatic carbocycles. The van der Waals surface area contributed by atoms with Gasteiger partial charge in [-0.2, -0.15) is 0 Å². The first-order chi connectivity index (χ1) is 12.1. The third kappa shape index (κ3) is 3.17. The maximum absolute atomic E-state index is 12.1. The number of nitrogens with two attached hydrogens (primary N) is 1. The molecule has 1 fully saturated rings. The van der Waals surface area contributed by atoms with E-state index in [1.165, 1.54) is 16.4 Å². The van der Waals surface area contributed by atoms with Crippen molar-refractivity contribution < 1.29 is 4.79 Å². The van der Waals surface area contributed by atoms with Crippen LogP contribution in [0, 0.1) is 5.92 Å². The predicted octanol–water partition coefficient (Wildman–Crippen LogP) is 3.70. The number of rotatable bonds is 2. The molecule has 4 nitrogen and oxygen atoms in total. The number of halogens is 1. The number of hydrogen-bond acceptors (Lipinski definition) is 3. The van der Waals surface area contributed by atoms with E-state index in [1.54, 1.807) is 0 Å². The summed E-state index contributed by atoms with van der Waals surface area (Å²) in [6.45, 7) is 4.47. The van der Waals surface area contributed by atoms with Gasteiger partial charge in [0.15, 0.2) is 0 Å². The van der Waals surface area contributed by atoms with Crippen LogP contribution in [0.25, 0.3) is 0 Å². The SMILES string of the molecule is CC1CCN(c2ccc(C3=INC(=O)c4ccccc43)cc2N)CC1. The molecule has 0 spiro atoms. The molecule has 0 radical (unpaired) electrons. The van der Waals surface area contributed by atoms with E-state index < -0.39 is 21.0 Å². The van der Waals surface area contributed by atoms with Gasteiger partial charge in [0.1, 0.15) is 0 Å². The summed E-state index contributed by atoms with van der Waals surface area (Å²) in [6, 6.07) is 14.2. The number of hydrogen-bond donors (Lipinski definition) is 2. The van der Waals surface area contributed by atoms with Gasteiger partial charge in [-0.15, -0.1) is 0 Å². The number of benzene rings is 2. The van der Waals surface area contributed by atoms with Crippen LogP contribution in [0.1, 0.15) is 41.3 Å². The number of fused-ring (bicyclic) bond motifs is 1. The number of amides is 1. The lowest BCUT2D eigenvalue weighted by molar-refractivity contribution is 0.0989. The van der Waals surface area contributed by atoms with Gasteiger partial charge in [0.25, 0.3) is 5.91 Å². The molecule has 0 saturated carbocycles. The zero-order chi connectivity index (χ0) is 17.4. The minimum Gasteiger partial charge on any atom is -0.397 e. The van der Waals surface area contributed by atoms with Crippen LogP contribution in [0.5, 0.6) is 0 Å². The lowest BCUT2D eigenvalue weighted by Gasteiger charge is -2.33. The Morgan fingerprint density at radius 1 is 1.12 bits per heavy atom. The van der Waals surface area contributed by atoms with Crippen molar-refractivity contribution in [3.8, 4) is 0 Å². The predicted molar refractivity (Wildman–Crippen MR) is 113 cm³/mol. The number of carbonyl (C=O) groups is 1. The summed E-state index contributed by atoms with van der Waals surface area (Å²) in [4.78, 5) is 14.5. The lowest BCUT2D eigenvalue weighted by atomic mass is 9.97. The highest BCUT2D eigenvalue weighted by Crippen LogP contribution is 2.31. The summed E-state index contributed by atoms with van der Waals surface area (Å²) in [6.07, 6.45) is 2.45. The molecule has 0 aromatic heterocycles. The van der Waals surface area contributed by atoms with Crippen LogP contribution < -0.4 is 14.2 Å². The molecule has 2 aromatic rings. The molecule has 0 atom stereocenters. The first-order valence-electron chi connectivity index (χ1n) is 8.69. The summed E-state index contributed by atoms with van der Waals surface area (Å²) < 4.78 is 4.31. The Morgan fingerprint density at radius 2 is 1.84 bits per heavy atom. The summed E-state index contributed by atoms with van der Waals surface area (Å²) >= 11 is -0.555. The number of anilines is 2. The average Bonchev–Trinajstić information content (AvgIpc) is 2.63. The van der Waals surface area contributed by atoms with Gasteiger partial charge in [-0.25, -0.2) is 0 Å². The zero-order valence-electron chi connectivity index (χ0n) is 14.3. The lowest BCUT2D eigenvalue weighted by Crippen LogP contribution is -2.33. The van der Waals surface area contributed by atoms with Crippen molar-refractivity contribution in [2.24, 2.45) is 5.92 Å². The van der Waals surface area contributed by atoms with E-state index in [0.29, 0.717) is 0 Å². The third-order valence-electron chi connectivity index (χ3n) is 5.04. The monoisotopic (exact) mass is 447 g/mol. The van der Waals surface area contributed by atoms with Crippen LogP contribution in [-0.2, 0) is 0 Å². The molecule has 4 rings (SSSR count). The Labute approximate surface area is 158 Å². The van der Waals surface area contributed by atoms with Crippen LogP contribution >= 0.6 is 21.0 Å². The average molecular weight is 447 g/mol. The van der Waals surface area contributed by atoms with Gasteiger partial charge in [-0.1, -0.05) is 31.2 Å². The largest absolute Gasteiger partial charge is 0.397 e. The quantitative estimate of drug-likeness (QED) is 0.420. The molecule has 2 aliphatic heterocycles. The highest BCUT2D eigenvalue weighted by atomic mass is 127. The summed E-state index contributed by atoms with van der Waals surface area (Å²) in [5.74, 6) is 0.846. The molecule has 1 saturated heterocycles. The van der Waals surface area contributed by atoms with Crippen molar-refractivity contribution in [1.82, 2.24) is 3.53 Å². The normalized spacial score (nSPS) is 18.0. The molecular weight excluding hydrogens is 425 g/mol. The molecular formula is C20H22IN3O. The third-order valence-corrected chi connectivity index (χ3v) is 7.54.